The summed E-state index contributed by atoms with van der Waals surface area (Å²) in [5.74, 6) is 1.96. The van der Waals surface area contributed by atoms with Crippen LogP contribution in [0.2, 0.25) is 0 Å². The highest BCUT2D eigenvalue weighted by atomic mass is 16.5. The highest BCUT2D eigenvalue weighted by Crippen LogP contribution is 2.35. The molecule has 2 nitrogen and oxygen atoms in total. The Bertz CT molecular complexity index is 239. The van der Waals surface area contributed by atoms with E-state index in [-0.39, 0.29) is 5.54 Å². The molecule has 2 aliphatic rings. The highest BCUT2D eigenvalue weighted by molar-refractivity contribution is 5.18. The molecule has 0 saturated carbocycles. The van der Waals surface area contributed by atoms with E-state index >= 15 is 0 Å². The van der Waals surface area contributed by atoms with Crippen molar-refractivity contribution in [3.8, 4) is 0 Å². The van der Waals surface area contributed by atoms with Gasteiger partial charge in [0.25, 0.3) is 0 Å². The van der Waals surface area contributed by atoms with E-state index in [1.807, 2.05) is 0 Å². The van der Waals surface area contributed by atoms with E-state index in [9.17, 15) is 0 Å². The summed E-state index contributed by atoms with van der Waals surface area (Å²) in [6.45, 7) is 6.65. The highest BCUT2D eigenvalue weighted by Gasteiger charge is 2.39. The number of ether oxygens (including phenoxy) is 1. The van der Waals surface area contributed by atoms with Crippen LogP contribution >= 0.6 is 0 Å². The lowest BCUT2D eigenvalue weighted by Crippen LogP contribution is -2.44. The van der Waals surface area contributed by atoms with Crippen LogP contribution in [0, 0.1) is 5.92 Å². The second kappa shape index (κ2) is 4.56. The van der Waals surface area contributed by atoms with E-state index in [2.05, 4.69) is 25.2 Å². The first-order chi connectivity index (χ1) is 7.23. The molecule has 15 heavy (non-hydrogen) atoms. The molecule has 0 bridgehead atoms. The monoisotopic (exact) mass is 209 g/mol. The van der Waals surface area contributed by atoms with Gasteiger partial charge in [-0.2, -0.15) is 0 Å². The standard InChI is InChI=1S/C13H23NO/c1-11(2)10-13(7-5-8-14-13)12-6-3-4-9-15-12/h6,11,14H,3-5,7-10H2,1-2H3. The molecule has 0 aromatic carbocycles. The Morgan fingerprint density at radius 2 is 2.33 bits per heavy atom. The molecule has 86 valence electrons. The number of nitrogens with one attached hydrogen (secondary N) is 1. The molecule has 0 aromatic heterocycles. The third-order valence-electron chi connectivity index (χ3n) is 3.41. The molecule has 2 aliphatic heterocycles. The van der Waals surface area contributed by atoms with Gasteiger partial charge in [-0.25, -0.2) is 0 Å². The summed E-state index contributed by atoms with van der Waals surface area (Å²) < 4.78 is 5.86. The third kappa shape index (κ3) is 2.36. The number of hydrogen-bond acceptors (Lipinski definition) is 2. The molecule has 1 N–H and O–H groups in total. The topological polar surface area (TPSA) is 21.3 Å². The van der Waals surface area contributed by atoms with Gasteiger partial charge >= 0.3 is 0 Å². The molecule has 0 aromatic rings. The Labute approximate surface area is 93.1 Å². The average molecular weight is 209 g/mol. The fraction of sp³-hybridized carbons (Fsp3) is 0.846. The molecule has 0 aliphatic carbocycles. The van der Waals surface area contributed by atoms with E-state index in [1.165, 1.54) is 37.9 Å². The summed E-state index contributed by atoms with van der Waals surface area (Å²) in [5.41, 5.74) is 0.175. The summed E-state index contributed by atoms with van der Waals surface area (Å²) >= 11 is 0. The Morgan fingerprint density at radius 1 is 1.47 bits per heavy atom. The predicted molar refractivity (Wildman–Crippen MR) is 62.7 cm³/mol. The van der Waals surface area contributed by atoms with Crippen LogP contribution in [0.4, 0.5) is 0 Å². The van der Waals surface area contributed by atoms with Gasteiger partial charge in [0.15, 0.2) is 0 Å². The van der Waals surface area contributed by atoms with Crippen LogP contribution in [0.3, 0.4) is 0 Å². The molecule has 0 spiro atoms. The summed E-state index contributed by atoms with van der Waals surface area (Å²) in [6, 6.07) is 0. The molecule has 0 radical (unpaired) electrons. The van der Waals surface area contributed by atoms with Gasteiger partial charge < -0.3 is 10.1 Å². The van der Waals surface area contributed by atoms with Gasteiger partial charge in [0.1, 0.15) is 5.76 Å². The maximum absolute atomic E-state index is 5.86. The number of hydrogen-bond donors (Lipinski definition) is 1. The maximum atomic E-state index is 5.86. The minimum Gasteiger partial charge on any atom is -0.496 e. The Morgan fingerprint density at radius 3 is 2.87 bits per heavy atom. The normalized spacial score (nSPS) is 31.5. The van der Waals surface area contributed by atoms with Crippen molar-refractivity contribution in [1.82, 2.24) is 5.32 Å². The zero-order valence-electron chi connectivity index (χ0n) is 10.0. The van der Waals surface area contributed by atoms with Crippen molar-refractivity contribution in [1.29, 1.82) is 0 Å². The van der Waals surface area contributed by atoms with Crippen molar-refractivity contribution in [3.63, 3.8) is 0 Å². The largest absolute Gasteiger partial charge is 0.496 e. The molecule has 0 amide bonds. The molecule has 1 unspecified atom stereocenters. The smallest absolute Gasteiger partial charge is 0.112 e. The zero-order chi connectivity index (χ0) is 10.7. The van der Waals surface area contributed by atoms with Crippen molar-refractivity contribution >= 4 is 0 Å². The van der Waals surface area contributed by atoms with Crippen molar-refractivity contribution < 1.29 is 4.74 Å². The van der Waals surface area contributed by atoms with E-state index in [0.717, 1.165) is 19.1 Å². The Hall–Kier alpha value is -0.500. The van der Waals surface area contributed by atoms with Gasteiger partial charge in [-0.15, -0.1) is 0 Å². The number of allylic oxidation sites excluding steroid dienone is 1. The van der Waals surface area contributed by atoms with E-state index in [1.54, 1.807) is 0 Å². The van der Waals surface area contributed by atoms with Crippen LogP contribution in [-0.4, -0.2) is 18.7 Å². The quantitative estimate of drug-likeness (QED) is 0.771. The number of rotatable bonds is 3. The predicted octanol–water partition coefficient (Wildman–Crippen LogP) is 2.85. The van der Waals surface area contributed by atoms with E-state index in [0.29, 0.717) is 0 Å². The first kappa shape index (κ1) is 11.0. The van der Waals surface area contributed by atoms with Crippen LogP contribution in [-0.2, 0) is 4.74 Å². The van der Waals surface area contributed by atoms with Crippen LogP contribution in [0.1, 0.15) is 46.0 Å². The van der Waals surface area contributed by atoms with Gasteiger partial charge in [0.05, 0.1) is 12.1 Å². The van der Waals surface area contributed by atoms with E-state index < -0.39 is 0 Å². The summed E-state index contributed by atoms with van der Waals surface area (Å²) in [7, 11) is 0. The van der Waals surface area contributed by atoms with Crippen LogP contribution in [0.25, 0.3) is 0 Å². The Balaban J connectivity index is 2.13. The first-order valence-electron chi connectivity index (χ1n) is 6.31. The van der Waals surface area contributed by atoms with Gasteiger partial charge in [-0.05, 0) is 50.6 Å². The van der Waals surface area contributed by atoms with Crippen LogP contribution in [0.15, 0.2) is 11.8 Å². The second-order valence-corrected chi connectivity index (χ2v) is 5.27. The zero-order valence-corrected chi connectivity index (χ0v) is 10.0. The second-order valence-electron chi connectivity index (χ2n) is 5.27. The SMILES string of the molecule is CC(C)CC1(C2=CCCCO2)CCCN1. The van der Waals surface area contributed by atoms with Crippen molar-refractivity contribution in [2.45, 2.75) is 51.5 Å². The van der Waals surface area contributed by atoms with Gasteiger partial charge in [0.2, 0.25) is 0 Å². The summed E-state index contributed by atoms with van der Waals surface area (Å²) in [5, 5.41) is 3.68. The van der Waals surface area contributed by atoms with Gasteiger partial charge in [-0.1, -0.05) is 13.8 Å². The lowest BCUT2D eigenvalue weighted by Gasteiger charge is -2.35. The van der Waals surface area contributed by atoms with Crippen molar-refractivity contribution in [2.24, 2.45) is 5.92 Å². The van der Waals surface area contributed by atoms with E-state index in [4.69, 9.17) is 4.74 Å². The molecule has 1 atom stereocenters. The van der Waals surface area contributed by atoms with Crippen LogP contribution in [0.5, 0.6) is 0 Å². The third-order valence-corrected chi connectivity index (χ3v) is 3.41. The maximum Gasteiger partial charge on any atom is 0.112 e. The first-order valence-corrected chi connectivity index (χ1v) is 6.31. The molecular formula is C13H23NO. The molecule has 1 fully saturated rings. The van der Waals surface area contributed by atoms with Crippen molar-refractivity contribution in [2.75, 3.05) is 13.2 Å². The van der Waals surface area contributed by atoms with Crippen LogP contribution < -0.4 is 5.32 Å². The molecule has 2 rings (SSSR count). The molecule has 1 saturated heterocycles. The fourth-order valence-electron chi connectivity index (χ4n) is 2.88. The summed E-state index contributed by atoms with van der Waals surface area (Å²) in [6.07, 6.45) is 8.42. The van der Waals surface area contributed by atoms with Crippen molar-refractivity contribution in [3.05, 3.63) is 11.8 Å². The molecule has 2 heterocycles. The minimum atomic E-state index is 0.175. The lowest BCUT2D eigenvalue weighted by molar-refractivity contribution is 0.127. The molecular weight excluding hydrogens is 186 g/mol. The minimum absolute atomic E-state index is 0.175. The summed E-state index contributed by atoms with van der Waals surface area (Å²) in [4.78, 5) is 0. The van der Waals surface area contributed by atoms with Gasteiger partial charge in [0, 0.05) is 0 Å². The average Bonchev–Trinajstić information content (AvgIpc) is 2.68. The Kier molecular flexibility index (Phi) is 3.35. The molecule has 2 heteroatoms. The van der Waals surface area contributed by atoms with Gasteiger partial charge in [-0.3, -0.25) is 0 Å². The fourth-order valence-corrected chi connectivity index (χ4v) is 2.88. The lowest BCUT2D eigenvalue weighted by atomic mass is 9.84.